The van der Waals surface area contributed by atoms with E-state index < -0.39 is 15.9 Å². The Morgan fingerprint density at radius 3 is 2.48 bits per heavy atom. The number of piperidine rings is 1. The predicted octanol–water partition coefficient (Wildman–Crippen LogP) is 2.80. The lowest BCUT2D eigenvalue weighted by Gasteiger charge is -2.34. The van der Waals surface area contributed by atoms with Crippen molar-refractivity contribution >= 4 is 44.0 Å². The number of hydrogen-bond donors (Lipinski definition) is 2. The number of nitrogens with zero attached hydrogens (tertiary/aromatic N) is 3. The molecule has 2 N–H and O–H groups in total. The molecule has 3 aromatic rings. The Labute approximate surface area is 198 Å². The molecule has 0 saturated carbocycles. The van der Waals surface area contributed by atoms with Crippen molar-refractivity contribution in [2.75, 3.05) is 31.6 Å². The van der Waals surface area contributed by atoms with Crippen molar-refractivity contribution in [2.45, 2.75) is 23.8 Å². The molecule has 33 heavy (non-hydrogen) atoms. The average Bonchev–Trinajstić information content (AvgIpc) is 2.83. The van der Waals surface area contributed by atoms with E-state index in [1.807, 2.05) is 12.1 Å². The number of fused-ring (bicyclic) bond motifs is 1. The zero-order valence-corrected chi connectivity index (χ0v) is 19.8. The first-order valence-electron chi connectivity index (χ1n) is 10.7. The number of sulfonamides is 1. The third-order valence-corrected chi connectivity index (χ3v) is 7.82. The van der Waals surface area contributed by atoms with E-state index in [1.165, 1.54) is 13.1 Å². The van der Waals surface area contributed by atoms with Crippen LogP contribution in [0.2, 0.25) is 5.02 Å². The molecular formula is C23H26ClN5O3S. The van der Waals surface area contributed by atoms with Crippen molar-refractivity contribution in [2.24, 2.45) is 0 Å². The SMILES string of the molecule is CN(CC(=O)NNC1CCN(c2ccncc2)CC1)S(=O)(=O)c1ccc2cc(Cl)ccc2c1. The maximum absolute atomic E-state index is 12.9. The molecule has 1 fully saturated rings. The molecule has 0 unspecified atom stereocenters. The highest BCUT2D eigenvalue weighted by atomic mass is 35.5. The van der Waals surface area contributed by atoms with Gasteiger partial charge in [-0.25, -0.2) is 13.8 Å². The van der Waals surface area contributed by atoms with Crippen LogP contribution in [0.5, 0.6) is 0 Å². The van der Waals surface area contributed by atoms with E-state index in [1.54, 1.807) is 42.7 Å². The number of halogens is 1. The van der Waals surface area contributed by atoms with Gasteiger partial charge in [0.25, 0.3) is 0 Å². The van der Waals surface area contributed by atoms with Crippen molar-refractivity contribution in [1.82, 2.24) is 20.1 Å². The lowest BCUT2D eigenvalue weighted by molar-refractivity contribution is -0.122. The number of hydrazine groups is 1. The summed E-state index contributed by atoms with van der Waals surface area (Å²) >= 11 is 6.00. The summed E-state index contributed by atoms with van der Waals surface area (Å²) in [5.74, 6) is -0.412. The van der Waals surface area contributed by atoms with Crippen LogP contribution >= 0.6 is 11.6 Å². The van der Waals surface area contributed by atoms with Crippen LogP contribution in [0.15, 0.2) is 65.8 Å². The fourth-order valence-corrected chi connectivity index (χ4v) is 5.22. The molecule has 1 aromatic heterocycles. The van der Waals surface area contributed by atoms with E-state index in [0.717, 1.165) is 46.7 Å². The molecule has 2 aromatic carbocycles. The maximum atomic E-state index is 12.9. The van der Waals surface area contributed by atoms with Crippen LogP contribution in [0.25, 0.3) is 10.8 Å². The van der Waals surface area contributed by atoms with E-state index in [4.69, 9.17) is 11.6 Å². The Morgan fingerprint density at radius 1 is 1.09 bits per heavy atom. The van der Waals surface area contributed by atoms with Crippen LogP contribution in [0, 0.1) is 0 Å². The van der Waals surface area contributed by atoms with Gasteiger partial charge in [0.1, 0.15) is 0 Å². The van der Waals surface area contributed by atoms with Crippen LogP contribution in [0.4, 0.5) is 5.69 Å². The van der Waals surface area contributed by atoms with Gasteiger partial charge in [-0.2, -0.15) is 4.31 Å². The summed E-state index contributed by atoms with van der Waals surface area (Å²) in [6.45, 7) is 1.43. The minimum absolute atomic E-state index is 0.126. The third kappa shape index (κ3) is 5.62. The number of anilines is 1. The van der Waals surface area contributed by atoms with Crippen molar-refractivity contribution in [3.63, 3.8) is 0 Å². The smallest absolute Gasteiger partial charge is 0.249 e. The Bertz CT molecular complexity index is 1230. The van der Waals surface area contributed by atoms with Gasteiger partial charge in [-0.05, 0) is 60.0 Å². The van der Waals surface area contributed by atoms with Crippen LogP contribution < -0.4 is 15.8 Å². The highest BCUT2D eigenvalue weighted by Gasteiger charge is 2.24. The third-order valence-electron chi connectivity index (χ3n) is 5.79. The number of likely N-dealkylation sites (N-methyl/N-ethyl adjacent to an activating group) is 1. The van der Waals surface area contributed by atoms with Gasteiger partial charge < -0.3 is 4.90 Å². The van der Waals surface area contributed by atoms with Crippen molar-refractivity contribution in [3.8, 4) is 0 Å². The number of rotatable bonds is 7. The maximum Gasteiger partial charge on any atom is 0.249 e. The fourth-order valence-electron chi connectivity index (χ4n) is 3.88. The highest BCUT2D eigenvalue weighted by Crippen LogP contribution is 2.24. The lowest BCUT2D eigenvalue weighted by Crippen LogP contribution is -2.51. The monoisotopic (exact) mass is 487 g/mol. The number of aromatic nitrogens is 1. The van der Waals surface area contributed by atoms with E-state index in [9.17, 15) is 13.2 Å². The molecule has 10 heteroatoms. The van der Waals surface area contributed by atoms with Gasteiger partial charge in [0, 0.05) is 49.3 Å². The Hall–Kier alpha value is -2.72. The van der Waals surface area contributed by atoms with E-state index in [-0.39, 0.29) is 17.5 Å². The van der Waals surface area contributed by atoms with Crippen molar-refractivity contribution in [3.05, 3.63) is 65.9 Å². The second-order valence-corrected chi connectivity index (χ2v) is 10.6. The molecule has 0 radical (unpaired) electrons. The van der Waals surface area contributed by atoms with E-state index in [2.05, 4.69) is 20.7 Å². The Kier molecular flexibility index (Phi) is 7.14. The highest BCUT2D eigenvalue weighted by molar-refractivity contribution is 7.89. The number of nitrogens with one attached hydrogen (secondary N) is 2. The van der Waals surface area contributed by atoms with Gasteiger partial charge in [0.2, 0.25) is 15.9 Å². The van der Waals surface area contributed by atoms with Gasteiger partial charge in [-0.15, -0.1) is 0 Å². The first-order valence-corrected chi connectivity index (χ1v) is 12.5. The number of pyridine rings is 1. The number of carbonyl (C=O) groups is 1. The molecule has 0 spiro atoms. The van der Waals surface area contributed by atoms with Gasteiger partial charge in [-0.1, -0.05) is 23.7 Å². The predicted molar refractivity (Wildman–Crippen MR) is 130 cm³/mol. The van der Waals surface area contributed by atoms with Gasteiger partial charge >= 0.3 is 0 Å². The zero-order chi connectivity index (χ0) is 23.4. The molecule has 1 saturated heterocycles. The Morgan fingerprint density at radius 2 is 1.76 bits per heavy atom. The molecule has 2 heterocycles. The second kappa shape index (κ2) is 10.0. The van der Waals surface area contributed by atoms with Crippen molar-refractivity contribution in [1.29, 1.82) is 0 Å². The van der Waals surface area contributed by atoms with Crippen LogP contribution in [0.3, 0.4) is 0 Å². The van der Waals surface area contributed by atoms with Gasteiger partial charge in [-0.3, -0.25) is 15.2 Å². The molecular weight excluding hydrogens is 462 g/mol. The summed E-state index contributed by atoms with van der Waals surface area (Å²) in [5, 5.41) is 2.20. The number of amides is 1. The standard InChI is InChI=1S/C23H26ClN5O3S/c1-28(33(31,32)22-5-3-17-14-19(24)4-2-18(17)15-22)16-23(30)27-26-20-8-12-29(13-9-20)21-6-10-25-11-7-21/h2-7,10-11,14-15,20,26H,8-9,12-13,16H2,1H3,(H,27,30). The molecule has 0 atom stereocenters. The van der Waals surface area contributed by atoms with Crippen molar-refractivity contribution < 1.29 is 13.2 Å². The van der Waals surface area contributed by atoms with Crippen LogP contribution in [-0.2, 0) is 14.8 Å². The molecule has 1 aliphatic heterocycles. The first-order chi connectivity index (χ1) is 15.8. The number of benzene rings is 2. The lowest BCUT2D eigenvalue weighted by atomic mass is 10.1. The minimum Gasteiger partial charge on any atom is -0.371 e. The number of hydrogen-bond acceptors (Lipinski definition) is 6. The molecule has 1 aliphatic rings. The quantitative estimate of drug-likeness (QED) is 0.498. The molecule has 8 nitrogen and oxygen atoms in total. The molecule has 0 aliphatic carbocycles. The minimum atomic E-state index is -3.82. The van der Waals surface area contributed by atoms with Gasteiger partial charge in [0.15, 0.2) is 0 Å². The van der Waals surface area contributed by atoms with E-state index in [0.29, 0.717) is 5.02 Å². The average molecular weight is 488 g/mol. The second-order valence-electron chi connectivity index (χ2n) is 8.07. The normalized spacial score (nSPS) is 15.2. The fraction of sp³-hybridized carbons (Fsp3) is 0.304. The van der Waals surface area contributed by atoms with Crippen LogP contribution in [0.1, 0.15) is 12.8 Å². The molecule has 4 rings (SSSR count). The summed E-state index contributed by atoms with van der Waals surface area (Å²) in [6, 6.07) is 14.2. The Balaban J connectivity index is 1.29. The molecule has 1 amide bonds. The largest absolute Gasteiger partial charge is 0.371 e. The summed E-state index contributed by atoms with van der Waals surface area (Å²) in [5.41, 5.74) is 6.84. The zero-order valence-electron chi connectivity index (χ0n) is 18.2. The summed E-state index contributed by atoms with van der Waals surface area (Å²) in [7, 11) is -2.42. The van der Waals surface area contributed by atoms with Gasteiger partial charge in [0.05, 0.1) is 11.4 Å². The van der Waals surface area contributed by atoms with Crippen LogP contribution in [-0.4, -0.2) is 56.3 Å². The topological polar surface area (TPSA) is 94.6 Å². The summed E-state index contributed by atoms with van der Waals surface area (Å²) in [6.07, 6.45) is 5.27. The first kappa shape index (κ1) is 23.4. The molecule has 174 valence electrons. The summed E-state index contributed by atoms with van der Waals surface area (Å²) in [4.78, 5) is 18.8. The summed E-state index contributed by atoms with van der Waals surface area (Å²) < 4.78 is 26.9. The van der Waals surface area contributed by atoms with E-state index >= 15 is 0 Å². The number of carbonyl (C=O) groups excluding carboxylic acids is 1. The molecule has 0 bridgehead atoms.